The maximum Gasteiger partial charge on any atom is 0.274 e. The van der Waals surface area contributed by atoms with Gasteiger partial charge in [0.1, 0.15) is 17.8 Å². The SMILES string of the molecule is COc1cccc(NC(=O)c2cc(C)ncn2)c1. The number of ether oxygens (including phenoxy) is 1. The topological polar surface area (TPSA) is 64.1 Å². The van der Waals surface area contributed by atoms with E-state index in [4.69, 9.17) is 4.74 Å². The van der Waals surface area contributed by atoms with E-state index in [1.165, 1.54) is 6.33 Å². The molecule has 0 radical (unpaired) electrons. The van der Waals surface area contributed by atoms with Gasteiger partial charge in [-0.25, -0.2) is 9.97 Å². The van der Waals surface area contributed by atoms with E-state index in [0.29, 0.717) is 17.1 Å². The molecule has 1 amide bonds. The predicted octanol–water partition coefficient (Wildman–Crippen LogP) is 2.05. The summed E-state index contributed by atoms with van der Waals surface area (Å²) in [4.78, 5) is 19.8. The summed E-state index contributed by atoms with van der Waals surface area (Å²) in [5.41, 5.74) is 1.75. The highest BCUT2D eigenvalue weighted by molar-refractivity contribution is 6.02. The third-order valence-corrected chi connectivity index (χ3v) is 2.36. The van der Waals surface area contributed by atoms with Crippen LogP contribution in [-0.2, 0) is 0 Å². The molecule has 18 heavy (non-hydrogen) atoms. The number of benzene rings is 1. The molecule has 0 spiro atoms. The summed E-state index contributed by atoms with van der Waals surface area (Å²) in [6, 6.07) is 8.78. The number of carbonyl (C=O) groups is 1. The summed E-state index contributed by atoms with van der Waals surface area (Å²) in [6.45, 7) is 1.81. The molecule has 0 saturated carbocycles. The lowest BCUT2D eigenvalue weighted by molar-refractivity contribution is 0.102. The molecule has 0 saturated heterocycles. The van der Waals surface area contributed by atoms with Crippen molar-refractivity contribution in [1.82, 2.24) is 9.97 Å². The second-order valence-electron chi connectivity index (χ2n) is 3.73. The zero-order valence-corrected chi connectivity index (χ0v) is 10.2. The van der Waals surface area contributed by atoms with Crippen LogP contribution in [0.2, 0.25) is 0 Å². The number of rotatable bonds is 3. The van der Waals surface area contributed by atoms with Crippen molar-refractivity contribution in [2.24, 2.45) is 0 Å². The predicted molar refractivity (Wildman–Crippen MR) is 67.7 cm³/mol. The average molecular weight is 243 g/mol. The molecule has 1 aromatic heterocycles. The van der Waals surface area contributed by atoms with Gasteiger partial charge in [-0.1, -0.05) is 6.07 Å². The Morgan fingerprint density at radius 2 is 2.11 bits per heavy atom. The van der Waals surface area contributed by atoms with Crippen molar-refractivity contribution in [3.63, 3.8) is 0 Å². The van der Waals surface area contributed by atoms with Crippen LogP contribution in [0.4, 0.5) is 5.69 Å². The molecule has 1 aromatic carbocycles. The molecule has 0 unspecified atom stereocenters. The lowest BCUT2D eigenvalue weighted by Crippen LogP contribution is -2.14. The van der Waals surface area contributed by atoms with Crippen molar-refractivity contribution in [3.05, 3.63) is 48.0 Å². The second kappa shape index (κ2) is 5.27. The number of nitrogens with zero attached hydrogens (tertiary/aromatic N) is 2. The van der Waals surface area contributed by atoms with E-state index in [1.54, 1.807) is 31.4 Å². The number of hydrogen-bond donors (Lipinski definition) is 1. The molecule has 0 aliphatic carbocycles. The van der Waals surface area contributed by atoms with Gasteiger partial charge in [0.2, 0.25) is 0 Å². The van der Waals surface area contributed by atoms with E-state index in [2.05, 4.69) is 15.3 Å². The van der Waals surface area contributed by atoms with Gasteiger partial charge < -0.3 is 10.1 Å². The van der Waals surface area contributed by atoms with Crippen molar-refractivity contribution < 1.29 is 9.53 Å². The van der Waals surface area contributed by atoms with Gasteiger partial charge in [0.15, 0.2) is 0 Å². The van der Waals surface area contributed by atoms with Gasteiger partial charge in [-0.05, 0) is 25.1 Å². The lowest BCUT2D eigenvalue weighted by atomic mass is 10.2. The van der Waals surface area contributed by atoms with Gasteiger partial charge in [-0.15, -0.1) is 0 Å². The molecular formula is C13H13N3O2. The molecule has 0 bridgehead atoms. The quantitative estimate of drug-likeness (QED) is 0.896. The highest BCUT2D eigenvalue weighted by Crippen LogP contribution is 2.17. The van der Waals surface area contributed by atoms with Crippen LogP contribution >= 0.6 is 0 Å². The van der Waals surface area contributed by atoms with Gasteiger partial charge in [-0.3, -0.25) is 4.79 Å². The Morgan fingerprint density at radius 1 is 1.28 bits per heavy atom. The van der Waals surface area contributed by atoms with Gasteiger partial charge >= 0.3 is 0 Å². The van der Waals surface area contributed by atoms with Crippen LogP contribution in [0.3, 0.4) is 0 Å². The summed E-state index contributed by atoms with van der Waals surface area (Å²) in [7, 11) is 1.58. The first-order chi connectivity index (χ1) is 8.69. The van der Waals surface area contributed by atoms with E-state index in [9.17, 15) is 4.79 Å². The molecule has 1 N–H and O–H groups in total. The first kappa shape index (κ1) is 12.0. The summed E-state index contributed by atoms with van der Waals surface area (Å²) in [5, 5.41) is 2.75. The molecule has 1 heterocycles. The Kier molecular flexibility index (Phi) is 3.52. The molecule has 2 aromatic rings. The average Bonchev–Trinajstić information content (AvgIpc) is 2.39. The van der Waals surface area contributed by atoms with E-state index in [1.807, 2.05) is 13.0 Å². The number of methoxy groups -OCH3 is 1. The number of amides is 1. The minimum Gasteiger partial charge on any atom is -0.497 e. The van der Waals surface area contributed by atoms with Gasteiger partial charge in [0, 0.05) is 17.4 Å². The molecular weight excluding hydrogens is 230 g/mol. The third kappa shape index (κ3) is 2.82. The molecule has 0 aliphatic rings. The maximum absolute atomic E-state index is 11.9. The van der Waals surface area contributed by atoms with Crippen LogP contribution in [0, 0.1) is 6.92 Å². The van der Waals surface area contributed by atoms with Crippen LogP contribution in [0.25, 0.3) is 0 Å². The molecule has 0 atom stereocenters. The number of nitrogens with one attached hydrogen (secondary N) is 1. The first-order valence-corrected chi connectivity index (χ1v) is 5.43. The molecule has 2 rings (SSSR count). The first-order valence-electron chi connectivity index (χ1n) is 5.43. The lowest BCUT2D eigenvalue weighted by Gasteiger charge is -2.06. The summed E-state index contributed by atoms with van der Waals surface area (Å²) < 4.78 is 5.08. The Hall–Kier alpha value is -2.43. The van der Waals surface area contributed by atoms with Crippen molar-refractivity contribution >= 4 is 11.6 Å². The highest BCUT2D eigenvalue weighted by atomic mass is 16.5. The van der Waals surface area contributed by atoms with Crippen LogP contribution in [-0.4, -0.2) is 23.0 Å². The van der Waals surface area contributed by atoms with Crippen LogP contribution in [0.1, 0.15) is 16.2 Å². The largest absolute Gasteiger partial charge is 0.497 e. The van der Waals surface area contributed by atoms with Gasteiger partial charge in [-0.2, -0.15) is 0 Å². The fourth-order valence-electron chi connectivity index (χ4n) is 1.47. The van der Waals surface area contributed by atoms with Crippen molar-refractivity contribution in [1.29, 1.82) is 0 Å². The Balaban J connectivity index is 2.16. The minimum absolute atomic E-state index is 0.270. The van der Waals surface area contributed by atoms with E-state index >= 15 is 0 Å². The Labute approximate surface area is 105 Å². The van der Waals surface area contributed by atoms with Crippen molar-refractivity contribution in [2.45, 2.75) is 6.92 Å². The summed E-state index contributed by atoms with van der Waals surface area (Å²) in [5.74, 6) is 0.417. The number of anilines is 1. The monoisotopic (exact) mass is 243 g/mol. The van der Waals surface area contributed by atoms with Gasteiger partial charge in [0.25, 0.3) is 5.91 Å². The Morgan fingerprint density at radius 3 is 2.83 bits per heavy atom. The zero-order chi connectivity index (χ0) is 13.0. The number of aryl methyl sites for hydroxylation is 1. The molecule has 5 heteroatoms. The van der Waals surface area contributed by atoms with E-state index in [0.717, 1.165) is 5.69 Å². The standard InChI is InChI=1S/C13H13N3O2/c1-9-6-12(15-8-14-9)13(17)16-10-4-3-5-11(7-10)18-2/h3-8H,1-2H3,(H,16,17). The maximum atomic E-state index is 11.9. The normalized spacial score (nSPS) is 9.89. The fourth-order valence-corrected chi connectivity index (χ4v) is 1.47. The Bertz CT molecular complexity index is 570. The summed E-state index contributed by atoms with van der Waals surface area (Å²) in [6.07, 6.45) is 1.37. The fraction of sp³-hybridized carbons (Fsp3) is 0.154. The highest BCUT2D eigenvalue weighted by Gasteiger charge is 2.08. The van der Waals surface area contributed by atoms with E-state index < -0.39 is 0 Å². The van der Waals surface area contributed by atoms with Crippen molar-refractivity contribution in [3.8, 4) is 5.75 Å². The molecule has 0 fully saturated rings. The van der Waals surface area contributed by atoms with Crippen LogP contribution in [0.5, 0.6) is 5.75 Å². The molecule has 92 valence electrons. The van der Waals surface area contributed by atoms with Crippen molar-refractivity contribution in [2.75, 3.05) is 12.4 Å². The van der Waals surface area contributed by atoms with Crippen LogP contribution in [0.15, 0.2) is 36.7 Å². The minimum atomic E-state index is -0.270. The van der Waals surface area contributed by atoms with Gasteiger partial charge in [0.05, 0.1) is 7.11 Å². The molecule has 0 aliphatic heterocycles. The zero-order valence-electron chi connectivity index (χ0n) is 10.2. The number of hydrogen-bond acceptors (Lipinski definition) is 4. The smallest absolute Gasteiger partial charge is 0.274 e. The number of aromatic nitrogens is 2. The van der Waals surface area contributed by atoms with Crippen LogP contribution < -0.4 is 10.1 Å². The third-order valence-electron chi connectivity index (χ3n) is 2.36. The summed E-state index contributed by atoms with van der Waals surface area (Å²) >= 11 is 0. The molecule has 5 nitrogen and oxygen atoms in total. The van der Waals surface area contributed by atoms with E-state index in [-0.39, 0.29) is 5.91 Å². The number of carbonyl (C=O) groups excluding carboxylic acids is 1. The second-order valence-corrected chi connectivity index (χ2v) is 3.73.